The van der Waals surface area contributed by atoms with Crippen molar-refractivity contribution >= 4 is 29.0 Å². The number of aromatic nitrogens is 1. The number of allylic oxidation sites excluding steroid dienone is 1. The monoisotopic (exact) mass is 263 g/mol. The number of anilines is 2. The molecule has 0 saturated heterocycles. The molecular weight excluding hydrogens is 250 g/mol. The van der Waals surface area contributed by atoms with Crippen LogP contribution in [0.2, 0.25) is 5.15 Å². The topological polar surface area (TPSA) is 36.4 Å². The molecule has 2 heterocycles. The highest BCUT2D eigenvalue weighted by Gasteiger charge is 2.27. The summed E-state index contributed by atoms with van der Waals surface area (Å²) < 4.78 is 0. The Bertz CT molecular complexity index is 565. The van der Waals surface area contributed by atoms with Gasteiger partial charge in [-0.2, -0.15) is 0 Å². The molecule has 0 N–H and O–H groups in total. The largest absolute Gasteiger partial charge is 0.327 e. The van der Waals surface area contributed by atoms with Gasteiger partial charge >= 0.3 is 0 Å². The maximum Gasteiger partial charge on any atom is 0.255 e. The van der Waals surface area contributed by atoms with Crippen LogP contribution in [0.15, 0.2) is 36.1 Å². The molecule has 4 nitrogen and oxygen atoms in total. The smallest absolute Gasteiger partial charge is 0.255 e. The fourth-order valence-electron chi connectivity index (χ4n) is 2.05. The van der Waals surface area contributed by atoms with Gasteiger partial charge in [0.15, 0.2) is 5.82 Å². The normalized spacial score (nSPS) is 15.7. The molecule has 94 valence electrons. The molecule has 1 aliphatic rings. The number of fused-ring (bicyclic) bond motifs is 1. The minimum absolute atomic E-state index is 0.0698. The Hall–Kier alpha value is -1.81. The lowest BCUT2D eigenvalue weighted by Crippen LogP contribution is -2.26. The van der Waals surface area contributed by atoms with E-state index in [1.165, 1.54) is 0 Å². The summed E-state index contributed by atoms with van der Waals surface area (Å²) in [6.45, 7) is 5.53. The highest BCUT2D eigenvalue weighted by atomic mass is 35.5. The Labute approximate surface area is 111 Å². The van der Waals surface area contributed by atoms with Crippen molar-refractivity contribution in [1.29, 1.82) is 0 Å². The number of amides is 1. The summed E-state index contributed by atoms with van der Waals surface area (Å²) in [7, 11) is 3.56. The number of rotatable bonds is 1. The zero-order valence-electron chi connectivity index (χ0n) is 10.6. The first-order chi connectivity index (χ1) is 8.47. The van der Waals surface area contributed by atoms with Gasteiger partial charge in [-0.1, -0.05) is 18.2 Å². The predicted molar refractivity (Wildman–Crippen MR) is 74.0 cm³/mol. The number of hydrogen-bond acceptors (Lipinski definition) is 3. The maximum absolute atomic E-state index is 12.2. The molecule has 0 atom stereocenters. The van der Waals surface area contributed by atoms with Crippen molar-refractivity contribution in [2.75, 3.05) is 23.9 Å². The first kappa shape index (κ1) is 12.6. The first-order valence-corrected chi connectivity index (χ1v) is 5.86. The van der Waals surface area contributed by atoms with E-state index in [1.54, 1.807) is 37.1 Å². The van der Waals surface area contributed by atoms with Crippen LogP contribution in [0.3, 0.4) is 0 Å². The van der Waals surface area contributed by atoms with Crippen molar-refractivity contribution in [2.45, 2.75) is 6.92 Å². The van der Waals surface area contributed by atoms with E-state index in [4.69, 9.17) is 11.6 Å². The van der Waals surface area contributed by atoms with Crippen molar-refractivity contribution in [3.8, 4) is 0 Å². The minimum atomic E-state index is -0.0698. The summed E-state index contributed by atoms with van der Waals surface area (Å²) in [5.41, 5.74) is 2.09. The fraction of sp³-hybridized carbons (Fsp3) is 0.231. The molecule has 18 heavy (non-hydrogen) atoms. The number of carbonyl (C=O) groups excluding carboxylic acids is 1. The van der Waals surface area contributed by atoms with Crippen LogP contribution in [0.25, 0.3) is 0 Å². The second-order valence-corrected chi connectivity index (χ2v) is 4.50. The van der Waals surface area contributed by atoms with E-state index in [9.17, 15) is 4.79 Å². The summed E-state index contributed by atoms with van der Waals surface area (Å²) in [6, 6.07) is 3.46. The van der Waals surface area contributed by atoms with E-state index in [1.807, 2.05) is 11.9 Å². The molecule has 1 aromatic heterocycles. The van der Waals surface area contributed by atoms with Crippen LogP contribution < -0.4 is 9.80 Å². The second-order valence-electron chi connectivity index (χ2n) is 4.11. The summed E-state index contributed by atoms with van der Waals surface area (Å²) in [5.74, 6) is 0.574. The SMILES string of the molecule is C=CC1=C(C)C(=O)N(C)c2ccc(Cl)nc2N1C. The molecule has 0 spiro atoms. The van der Waals surface area contributed by atoms with Gasteiger partial charge in [0.1, 0.15) is 5.15 Å². The van der Waals surface area contributed by atoms with Gasteiger partial charge in [-0.25, -0.2) is 4.98 Å². The quantitative estimate of drug-likeness (QED) is 0.731. The number of pyridine rings is 1. The maximum atomic E-state index is 12.2. The molecule has 0 saturated carbocycles. The molecule has 0 radical (unpaired) electrons. The molecule has 0 aromatic carbocycles. The van der Waals surface area contributed by atoms with E-state index in [2.05, 4.69) is 11.6 Å². The zero-order chi connectivity index (χ0) is 13.4. The summed E-state index contributed by atoms with van der Waals surface area (Å²) in [4.78, 5) is 19.9. The van der Waals surface area contributed by atoms with Gasteiger partial charge < -0.3 is 9.80 Å². The molecule has 5 heteroatoms. The third-order valence-electron chi connectivity index (χ3n) is 3.06. The highest BCUT2D eigenvalue weighted by molar-refractivity contribution is 6.29. The first-order valence-electron chi connectivity index (χ1n) is 5.49. The van der Waals surface area contributed by atoms with Gasteiger partial charge in [0.25, 0.3) is 5.91 Å². The number of hydrogen-bond donors (Lipinski definition) is 0. The average molecular weight is 264 g/mol. The van der Waals surface area contributed by atoms with Crippen molar-refractivity contribution in [3.63, 3.8) is 0 Å². The molecular formula is C13H14ClN3O. The molecule has 1 amide bonds. The minimum Gasteiger partial charge on any atom is -0.327 e. The summed E-state index contributed by atoms with van der Waals surface area (Å²) >= 11 is 5.92. The molecule has 1 aliphatic heterocycles. The standard InChI is InChI=1S/C13H14ClN3O/c1-5-9-8(2)13(18)17(4)10-6-7-11(14)15-12(10)16(9)3/h5-7H,1H2,2-4H3. The van der Waals surface area contributed by atoms with Gasteiger partial charge in [0, 0.05) is 25.4 Å². The van der Waals surface area contributed by atoms with Crippen LogP contribution in [-0.2, 0) is 4.79 Å². The van der Waals surface area contributed by atoms with E-state index < -0.39 is 0 Å². The number of halogens is 1. The van der Waals surface area contributed by atoms with Crippen LogP contribution >= 0.6 is 11.6 Å². The lowest BCUT2D eigenvalue weighted by molar-refractivity contribution is -0.114. The lowest BCUT2D eigenvalue weighted by atomic mass is 10.2. The van der Waals surface area contributed by atoms with Gasteiger partial charge in [0.05, 0.1) is 5.69 Å². The van der Waals surface area contributed by atoms with E-state index in [-0.39, 0.29) is 5.91 Å². The van der Waals surface area contributed by atoms with Crippen molar-refractivity contribution in [2.24, 2.45) is 0 Å². The van der Waals surface area contributed by atoms with Crippen LogP contribution in [0, 0.1) is 0 Å². The van der Waals surface area contributed by atoms with Crippen LogP contribution in [0.1, 0.15) is 6.92 Å². The summed E-state index contributed by atoms with van der Waals surface area (Å²) in [6.07, 6.45) is 1.65. The van der Waals surface area contributed by atoms with Crippen LogP contribution in [0.4, 0.5) is 11.5 Å². The Kier molecular flexibility index (Phi) is 3.13. The molecule has 2 rings (SSSR count). The van der Waals surface area contributed by atoms with Crippen LogP contribution in [0.5, 0.6) is 0 Å². The fourth-order valence-corrected chi connectivity index (χ4v) is 2.20. The number of nitrogens with zero attached hydrogens (tertiary/aromatic N) is 3. The molecule has 0 bridgehead atoms. The molecule has 0 unspecified atom stereocenters. The third kappa shape index (κ3) is 1.78. The van der Waals surface area contributed by atoms with Crippen molar-refractivity contribution < 1.29 is 4.79 Å². The third-order valence-corrected chi connectivity index (χ3v) is 3.27. The highest BCUT2D eigenvalue weighted by Crippen LogP contribution is 2.34. The van der Waals surface area contributed by atoms with Gasteiger partial charge in [-0.15, -0.1) is 0 Å². The Morgan fingerprint density at radius 3 is 2.61 bits per heavy atom. The van der Waals surface area contributed by atoms with E-state index >= 15 is 0 Å². The van der Waals surface area contributed by atoms with Gasteiger partial charge in [-0.05, 0) is 25.1 Å². The van der Waals surface area contributed by atoms with Gasteiger partial charge in [-0.3, -0.25) is 4.79 Å². The zero-order valence-corrected chi connectivity index (χ0v) is 11.3. The molecule has 0 fully saturated rings. The van der Waals surface area contributed by atoms with E-state index in [0.29, 0.717) is 16.5 Å². The van der Waals surface area contributed by atoms with Crippen LogP contribution in [-0.4, -0.2) is 25.0 Å². The molecule has 0 aliphatic carbocycles. The van der Waals surface area contributed by atoms with Crippen molar-refractivity contribution in [3.05, 3.63) is 41.2 Å². The Balaban J connectivity index is 2.73. The van der Waals surface area contributed by atoms with Gasteiger partial charge in [0.2, 0.25) is 0 Å². The van der Waals surface area contributed by atoms with Crippen molar-refractivity contribution in [1.82, 2.24) is 4.98 Å². The predicted octanol–water partition coefficient (Wildman–Crippen LogP) is 2.61. The number of carbonyl (C=O) groups is 1. The second kappa shape index (κ2) is 4.46. The Morgan fingerprint density at radius 2 is 2.00 bits per heavy atom. The Morgan fingerprint density at radius 1 is 1.33 bits per heavy atom. The van der Waals surface area contributed by atoms with E-state index in [0.717, 1.165) is 11.4 Å². The summed E-state index contributed by atoms with van der Waals surface area (Å²) in [5, 5.41) is 0.393. The lowest BCUT2D eigenvalue weighted by Gasteiger charge is -2.21. The number of likely N-dealkylation sites (N-methyl/N-ethyl adjacent to an activating group) is 2. The average Bonchev–Trinajstić information content (AvgIpc) is 2.42. The molecule has 1 aromatic rings.